The molecule has 2 nitrogen and oxygen atoms in total. The van der Waals surface area contributed by atoms with Crippen molar-refractivity contribution in [2.75, 3.05) is 19.7 Å². The smallest absolute Gasteiger partial charge is 0.123 e. The molecule has 0 aromatic heterocycles. The van der Waals surface area contributed by atoms with Gasteiger partial charge in [-0.1, -0.05) is 32.9 Å². The Kier molecular flexibility index (Phi) is 6.91. The fraction of sp³-hybridized carbons (Fsp3) is 0.600. The molecule has 0 amide bonds. The third-order valence-electron chi connectivity index (χ3n) is 2.81. The number of rotatable bonds is 8. The standard InChI is InChI=1S/C15H24FNO/c1-4-17-11-15(18-9-8-12(2)3)13-6-5-7-14(16)10-13/h5-7,10,12,15,17H,4,8-9,11H2,1-3H3. The summed E-state index contributed by atoms with van der Waals surface area (Å²) >= 11 is 0. The van der Waals surface area contributed by atoms with Crippen molar-refractivity contribution >= 4 is 0 Å². The monoisotopic (exact) mass is 253 g/mol. The Labute approximate surface area is 110 Å². The lowest BCUT2D eigenvalue weighted by Crippen LogP contribution is -2.23. The maximum atomic E-state index is 13.2. The summed E-state index contributed by atoms with van der Waals surface area (Å²) in [6.07, 6.45) is 0.956. The van der Waals surface area contributed by atoms with E-state index in [0.717, 1.165) is 25.1 Å². The molecule has 0 aliphatic rings. The van der Waals surface area contributed by atoms with Gasteiger partial charge in [0.1, 0.15) is 5.82 Å². The van der Waals surface area contributed by atoms with Crippen LogP contribution in [0.3, 0.4) is 0 Å². The summed E-state index contributed by atoms with van der Waals surface area (Å²) in [5.74, 6) is 0.416. The Balaban J connectivity index is 2.59. The number of ether oxygens (including phenoxy) is 1. The molecule has 0 fully saturated rings. The van der Waals surface area contributed by atoms with E-state index in [1.54, 1.807) is 12.1 Å². The van der Waals surface area contributed by atoms with Gasteiger partial charge in [-0.15, -0.1) is 0 Å². The van der Waals surface area contributed by atoms with Gasteiger partial charge < -0.3 is 10.1 Å². The zero-order chi connectivity index (χ0) is 13.4. The molecular weight excluding hydrogens is 229 g/mol. The second-order valence-corrected chi connectivity index (χ2v) is 4.90. The molecule has 0 radical (unpaired) electrons. The molecule has 0 spiro atoms. The number of hydrogen-bond donors (Lipinski definition) is 1. The van der Waals surface area contributed by atoms with Gasteiger partial charge in [-0.2, -0.15) is 0 Å². The lowest BCUT2D eigenvalue weighted by molar-refractivity contribution is 0.0459. The van der Waals surface area contributed by atoms with E-state index in [-0.39, 0.29) is 11.9 Å². The van der Waals surface area contributed by atoms with E-state index in [2.05, 4.69) is 26.1 Å². The van der Waals surface area contributed by atoms with E-state index < -0.39 is 0 Å². The van der Waals surface area contributed by atoms with Crippen LogP contribution in [0, 0.1) is 11.7 Å². The average Bonchev–Trinajstić information content (AvgIpc) is 2.33. The summed E-state index contributed by atoms with van der Waals surface area (Å²) in [6, 6.07) is 6.66. The minimum absolute atomic E-state index is 0.0700. The van der Waals surface area contributed by atoms with Crippen LogP contribution in [-0.4, -0.2) is 19.7 Å². The van der Waals surface area contributed by atoms with Crippen molar-refractivity contribution in [2.45, 2.75) is 33.3 Å². The number of benzene rings is 1. The molecule has 0 bridgehead atoms. The van der Waals surface area contributed by atoms with Crippen LogP contribution in [0.1, 0.15) is 38.9 Å². The molecule has 0 heterocycles. The van der Waals surface area contributed by atoms with Crippen LogP contribution in [0.5, 0.6) is 0 Å². The highest BCUT2D eigenvalue weighted by Gasteiger charge is 2.12. The first-order valence-electron chi connectivity index (χ1n) is 6.71. The van der Waals surface area contributed by atoms with Crippen LogP contribution in [0.2, 0.25) is 0 Å². The van der Waals surface area contributed by atoms with Gasteiger partial charge in [0, 0.05) is 13.2 Å². The Morgan fingerprint density at radius 1 is 1.33 bits per heavy atom. The zero-order valence-electron chi connectivity index (χ0n) is 11.6. The Morgan fingerprint density at radius 2 is 2.11 bits per heavy atom. The van der Waals surface area contributed by atoms with Gasteiger partial charge in [0.05, 0.1) is 6.10 Å². The number of nitrogens with one attached hydrogen (secondary N) is 1. The molecule has 0 aliphatic carbocycles. The summed E-state index contributed by atoms with van der Waals surface area (Å²) in [5.41, 5.74) is 0.903. The molecule has 1 rings (SSSR count). The lowest BCUT2D eigenvalue weighted by Gasteiger charge is -2.19. The summed E-state index contributed by atoms with van der Waals surface area (Å²) in [5, 5.41) is 3.26. The number of hydrogen-bond acceptors (Lipinski definition) is 2. The minimum Gasteiger partial charge on any atom is -0.372 e. The van der Waals surface area contributed by atoms with Crippen LogP contribution in [0.15, 0.2) is 24.3 Å². The summed E-state index contributed by atoms with van der Waals surface area (Å²) in [4.78, 5) is 0. The SMILES string of the molecule is CCNCC(OCCC(C)C)c1cccc(F)c1. The molecule has 1 aromatic rings. The van der Waals surface area contributed by atoms with Gasteiger partial charge in [0.25, 0.3) is 0 Å². The molecule has 1 N–H and O–H groups in total. The fourth-order valence-electron chi connectivity index (χ4n) is 1.70. The average molecular weight is 253 g/mol. The molecule has 102 valence electrons. The quantitative estimate of drug-likeness (QED) is 0.765. The zero-order valence-corrected chi connectivity index (χ0v) is 11.6. The van der Waals surface area contributed by atoms with Gasteiger partial charge >= 0.3 is 0 Å². The van der Waals surface area contributed by atoms with Gasteiger partial charge in [-0.05, 0) is 36.6 Å². The van der Waals surface area contributed by atoms with E-state index >= 15 is 0 Å². The summed E-state index contributed by atoms with van der Waals surface area (Å²) in [7, 11) is 0. The Morgan fingerprint density at radius 3 is 2.72 bits per heavy atom. The Hall–Kier alpha value is -0.930. The molecule has 0 aliphatic heterocycles. The largest absolute Gasteiger partial charge is 0.372 e. The summed E-state index contributed by atoms with van der Waals surface area (Å²) in [6.45, 7) is 8.72. The highest BCUT2D eigenvalue weighted by molar-refractivity contribution is 5.19. The predicted octanol–water partition coefficient (Wildman–Crippen LogP) is 3.54. The van der Waals surface area contributed by atoms with Crippen LogP contribution >= 0.6 is 0 Å². The topological polar surface area (TPSA) is 21.3 Å². The number of likely N-dealkylation sites (N-methyl/N-ethyl adjacent to an activating group) is 1. The maximum Gasteiger partial charge on any atom is 0.123 e. The molecule has 0 saturated heterocycles. The first-order valence-corrected chi connectivity index (χ1v) is 6.71. The fourth-order valence-corrected chi connectivity index (χ4v) is 1.70. The van der Waals surface area contributed by atoms with Gasteiger partial charge in [0.2, 0.25) is 0 Å². The van der Waals surface area contributed by atoms with Gasteiger partial charge in [-0.3, -0.25) is 0 Å². The van der Waals surface area contributed by atoms with Crippen LogP contribution in [-0.2, 0) is 4.74 Å². The first-order chi connectivity index (χ1) is 8.63. The minimum atomic E-state index is -0.207. The summed E-state index contributed by atoms with van der Waals surface area (Å²) < 4.78 is 19.1. The first kappa shape index (κ1) is 15.1. The molecule has 0 saturated carbocycles. The van der Waals surface area contributed by atoms with Gasteiger partial charge in [0.15, 0.2) is 0 Å². The van der Waals surface area contributed by atoms with E-state index in [0.29, 0.717) is 12.5 Å². The molecule has 3 heteroatoms. The second kappa shape index (κ2) is 8.22. The van der Waals surface area contributed by atoms with E-state index in [1.807, 2.05) is 6.07 Å². The third-order valence-corrected chi connectivity index (χ3v) is 2.81. The van der Waals surface area contributed by atoms with Gasteiger partial charge in [-0.25, -0.2) is 4.39 Å². The van der Waals surface area contributed by atoms with Crippen molar-refractivity contribution in [1.82, 2.24) is 5.32 Å². The van der Waals surface area contributed by atoms with Crippen molar-refractivity contribution in [1.29, 1.82) is 0 Å². The molecule has 1 unspecified atom stereocenters. The van der Waals surface area contributed by atoms with Crippen molar-refractivity contribution in [3.8, 4) is 0 Å². The lowest BCUT2D eigenvalue weighted by atomic mass is 10.1. The van der Waals surface area contributed by atoms with Crippen LogP contribution in [0.25, 0.3) is 0 Å². The molecular formula is C15H24FNO. The highest BCUT2D eigenvalue weighted by Crippen LogP contribution is 2.18. The normalized spacial score (nSPS) is 12.9. The van der Waals surface area contributed by atoms with E-state index in [4.69, 9.17) is 4.74 Å². The van der Waals surface area contributed by atoms with Crippen LogP contribution < -0.4 is 5.32 Å². The maximum absolute atomic E-state index is 13.2. The molecule has 18 heavy (non-hydrogen) atoms. The Bertz CT molecular complexity index is 341. The predicted molar refractivity (Wildman–Crippen MR) is 73.1 cm³/mol. The van der Waals surface area contributed by atoms with Crippen molar-refractivity contribution < 1.29 is 9.13 Å². The van der Waals surface area contributed by atoms with E-state index in [1.165, 1.54) is 6.07 Å². The number of halogens is 1. The second-order valence-electron chi connectivity index (χ2n) is 4.90. The van der Waals surface area contributed by atoms with E-state index in [9.17, 15) is 4.39 Å². The highest BCUT2D eigenvalue weighted by atomic mass is 19.1. The third kappa shape index (κ3) is 5.61. The molecule has 1 atom stereocenters. The van der Waals surface area contributed by atoms with Crippen molar-refractivity contribution in [3.63, 3.8) is 0 Å². The van der Waals surface area contributed by atoms with Crippen LogP contribution in [0.4, 0.5) is 4.39 Å². The molecule has 1 aromatic carbocycles. The van der Waals surface area contributed by atoms with Crippen molar-refractivity contribution in [3.05, 3.63) is 35.6 Å². The van der Waals surface area contributed by atoms with Crippen molar-refractivity contribution in [2.24, 2.45) is 5.92 Å².